The van der Waals surface area contributed by atoms with E-state index in [1.54, 1.807) is 0 Å². The minimum Gasteiger partial charge on any atom is -0.361 e. The highest BCUT2D eigenvalue weighted by molar-refractivity contribution is 6.31. The third-order valence-corrected chi connectivity index (χ3v) is 6.54. The van der Waals surface area contributed by atoms with Crippen LogP contribution in [-0.2, 0) is 6.42 Å². The number of nitrogens with zero attached hydrogens (tertiary/aromatic N) is 1. The lowest BCUT2D eigenvalue weighted by Crippen LogP contribution is -2.32. The smallest absolute Gasteiger partial charge is 0.0475 e. The standard InChI is InChI=1S/C23H22Cl2N2/c24-18-4-3-15-1-2-17(21(15)11-18)14-27-9-7-16(8-10-27)22-13-26-23-12-19(25)5-6-20(22)23/h3-7,11-13,17,26H,1-2,8-10,14H2. The van der Waals surface area contributed by atoms with E-state index in [4.69, 9.17) is 23.2 Å². The van der Waals surface area contributed by atoms with Gasteiger partial charge < -0.3 is 4.98 Å². The summed E-state index contributed by atoms with van der Waals surface area (Å²) in [5.41, 5.74) is 6.81. The van der Waals surface area contributed by atoms with Gasteiger partial charge in [-0.25, -0.2) is 0 Å². The molecule has 27 heavy (non-hydrogen) atoms. The van der Waals surface area contributed by atoms with Crippen molar-refractivity contribution in [2.24, 2.45) is 0 Å². The molecule has 0 fully saturated rings. The van der Waals surface area contributed by atoms with Crippen LogP contribution in [0.1, 0.15) is 35.4 Å². The maximum Gasteiger partial charge on any atom is 0.0475 e. The topological polar surface area (TPSA) is 19.0 Å². The van der Waals surface area contributed by atoms with Gasteiger partial charge >= 0.3 is 0 Å². The van der Waals surface area contributed by atoms with Gasteiger partial charge in [0, 0.05) is 52.3 Å². The van der Waals surface area contributed by atoms with E-state index in [0.29, 0.717) is 5.92 Å². The molecule has 1 atom stereocenters. The van der Waals surface area contributed by atoms with Gasteiger partial charge in [-0.15, -0.1) is 0 Å². The highest BCUT2D eigenvalue weighted by Crippen LogP contribution is 2.36. The van der Waals surface area contributed by atoms with E-state index in [9.17, 15) is 0 Å². The largest absolute Gasteiger partial charge is 0.361 e. The van der Waals surface area contributed by atoms with Gasteiger partial charge in [0.15, 0.2) is 0 Å². The molecule has 3 aromatic rings. The van der Waals surface area contributed by atoms with Gasteiger partial charge in [0.05, 0.1) is 0 Å². The number of nitrogens with one attached hydrogen (secondary N) is 1. The Balaban J connectivity index is 1.31. The molecule has 0 amide bonds. The fourth-order valence-corrected chi connectivity index (χ4v) is 5.00. The Morgan fingerprint density at radius 2 is 1.89 bits per heavy atom. The number of fused-ring (bicyclic) bond motifs is 2. The third kappa shape index (κ3) is 3.31. The lowest BCUT2D eigenvalue weighted by Gasteiger charge is -2.29. The number of aromatic nitrogens is 1. The summed E-state index contributed by atoms with van der Waals surface area (Å²) < 4.78 is 0. The number of hydrogen-bond donors (Lipinski definition) is 1. The number of rotatable bonds is 3. The Kier molecular flexibility index (Phi) is 4.51. The van der Waals surface area contributed by atoms with Crippen molar-refractivity contribution in [1.29, 1.82) is 0 Å². The summed E-state index contributed by atoms with van der Waals surface area (Å²) in [5.74, 6) is 0.615. The first-order chi connectivity index (χ1) is 13.2. The number of benzene rings is 2. The van der Waals surface area contributed by atoms with E-state index in [1.165, 1.54) is 40.5 Å². The number of aromatic amines is 1. The maximum atomic E-state index is 6.23. The molecule has 4 heteroatoms. The first-order valence-electron chi connectivity index (χ1n) is 9.64. The molecule has 2 aliphatic rings. The summed E-state index contributed by atoms with van der Waals surface area (Å²) in [7, 11) is 0. The Morgan fingerprint density at radius 1 is 1.04 bits per heavy atom. The van der Waals surface area contributed by atoms with Gasteiger partial charge in [-0.05, 0) is 66.1 Å². The van der Waals surface area contributed by atoms with Gasteiger partial charge in [-0.2, -0.15) is 0 Å². The van der Waals surface area contributed by atoms with Crippen LogP contribution in [0.5, 0.6) is 0 Å². The molecule has 2 nitrogen and oxygen atoms in total. The van der Waals surface area contributed by atoms with Crippen molar-refractivity contribution in [3.8, 4) is 0 Å². The van der Waals surface area contributed by atoms with E-state index < -0.39 is 0 Å². The van der Waals surface area contributed by atoms with Crippen LogP contribution in [0.3, 0.4) is 0 Å². The summed E-state index contributed by atoms with van der Waals surface area (Å²) in [4.78, 5) is 5.94. The quantitative estimate of drug-likeness (QED) is 0.550. The van der Waals surface area contributed by atoms with Gasteiger partial charge in [0.2, 0.25) is 0 Å². The molecule has 1 aliphatic heterocycles. The Labute approximate surface area is 169 Å². The van der Waals surface area contributed by atoms with Crippen LogP contribution in [-0.4, -0.2) is 29.5 Å². The van der Waals surface area contributed by atoms with E-state index in [1.807, 2.05) is 18.2 Å². The lowest BCUT2D eigenvalue weighted by atomic mass is 9.96. The SMILES string of the molecule is Clc1ccc2c(c1)C(CN1CC=C(c3c[nH]c4cc(Cl)ccc34)CC1)CC2. The molecule has 0 saturated heterocycles. The van der Waals surface area contributed by atoms with E-state index in [2.05, 4.69) is 40.4 Å². The molecule has 1 unspecified atom stereocenters. The van der Waals surface area contributed by atoms with Crippen LogP contribution in [0.25, 0.3) is 16.5 Å². The van der Waals surface area contributed by atoms with E-state index in [0.717, 1.165) is 41.6 Å². The molecule has 0 radical (unpaired) electrons. The zero-order chi connectivity index (χ0) is 18.4. The number of hydrogen-bond acceptors (Lipinski definition) is 1. The highest BCUT2D eigenvalue weighted by atomic mass is 35.5. The number of aryl methyl sites for hydroxylation is 1. The van der Waals surface area contributed by atoms with Gasteiger partial charge in [0.25, 0.3) is 0 Å². The van der Waals surface area contributed by atoms with Gasteiger partial charge in [-0.1, -0.05) is 41.4 Å². The van der Waals surface area contributed by atoms with E-state index >= 15 is 0 Å². The molecule has 0 spiro atoms. The van der Waals surface area contributed by atoms with Crippen LogP contribution < -0.4 is 0 Å². The van der Waals surface area contributed by atoms with Crippen LogP contribution in [0.2, 0.25) is 10.0 Å². The summed E-state index contributed by atoms with van der Waals surface area (Å²) in [5, 5.41) is 2.90. The first-order valence-corrected chi connectivity index (χ1v) is 10.4. The van der Waals surface area contributed by atoms with Crippen molar-refractivity contribution in [3.63, 3.8) is 0 Å². The second kappa shape index (κ2) is 7.01. The van der Waals surface area contributed by atoms with Crippen molar-refractivity contribution in [2.45, 2.75) is 25.2 Å². The average molecular weight is 397 g/mol. The summed E-state index contributed by atoms with van der Waals surface area (Å²) in [6.45, 7) is 3.25. The molecule has 2 heterocycles. The van der Waals surface area contributed by atoms with Gasteiger partial charge in [-0.3, -0.25) is 4.90 Å². The molecule has 2 aromatic carbocycles. The summed E-state index contributed by atoms with van der Waals surface area (Å²) >= 11 is 12.3. The lowest BCUT2D eigenvalue weighted by molar-refractivity contribution is 0.281. The average Bonchev–Trinajstić information content (AvgIpc) is 3.26. The van der Waals surface area contributed by atoms with Crippen LogP contribution in [0, 0.1) is 0 Å². The van der Waals surface area contributed by atoms with Crippen molar-refractivity contribution >= 4 is 39.7 Å². The minimum absolute atomic E-state index is 0.615. The number of halogens is 2. The van der Waals surface area contributed by atoms with Crippen molar-refractivity contribution in [1.82, 2.24) is 9.88 Å². The molecule has 0 saturated carbocycles. The molecule has 138 valence electrons. The molecule has 1 aliphatic carbocycles. The Hall–Kier alpha value is -1.74. The fourth-order valence-electron chi connectivity index (χ4n) is 4.65. The second-order valence-corrected chi connectivity index (χ2v) is 8.58. The fraction of sp³-hybridized carbons (Fsp3) is 0.304. The highest BCUT2D eigenvalue weighted by Gasteiger charge is 2.25. The first kappa shape index (κ1) is 17.4. The van der Waals surface area contributed by atoms with E-state index in [-0.39, 0.29) is 0 Å². The Morgan fingerprint density at radius 3 is 2.74 bits per heavy atom. The predicted octanol–water partition coefficient (Wildman–Crippen LogP) is 6.29. The number of H-pyrrole nitrogens is 1. The van der Waals surface area contributed by atoms with Crippen molar-refractivity contribution in [2.75, 3.05) is 19.6 Å². The van der Waals surface area contributed by atoms with Crippen molar-refractivity contribution in [3.05, 3.63) is 75.4 Å². The Bertz CT molecular complexity index is 1030. The van der Waals surface area contributed by atoms with Crippen molar-refractivity contribution < 1.29 is 0 Å². The zero-order valence-corrected chi connectivity index (χ0v) is 16.7. The molecule has 0 bridgehead atoms. The van der Waals surface area contributed by atoms with Crippen LogP contribution in [0.15, 0.2) is 48.7 Å². The zero-order valence-electron chi connectivity index (χ0n) is 15.1. The monoisotopic (exact) mass is 396 g/mol. The minimum atomic E-state index is 0.615. The summed E-state index contributed by atoms with van der Waals surface area (Å²) in [6, 6.07) is 12.5. The normalized spacial score (nSPS) is 20.1. The molecule has 5 rings (SSSR count). The second-order valence-electron chi connectivity index (χ2n) is 7.71. The molecule has 1 aromatic heterocycles. The van der Waals surface area contributed by atoms with Gasteiger partial charge in [0.1, 0.15) is 0 Å². The third-order valence-electron chi connectivity index (χ3n) is 6.07. The molecular weight excluding hydrogens is 375 g/mol. The van der Waals surface area contributed by atoms with Crippen LogP contribution in [0.4, 0.5) is 0 Å². The summed E-state index contributed by atoms with van der Waals surface area (Å²) in [6.07, 6.45) is 8.03. The predicted molar refractivity (Wildman–Crippen MR) is 115 cm³/mol. The molecule has 1 N–H and O–H groups in total. The van der Waals surface area contributed by atoms with Crippen LogP contribution >= 0.6 is 23.2 Å². The molecular formula is C23H22Cl2N2. The maximum absolute atomic E-state index is 6.23.